The summed E-state index contributed by atoms with van der Waals surface area (Å²) in [4.78, 5) is 12.5. The zero-order valence-corrected chi connectivity index (χ0v) is 17.3. The second-order valence-electron chi connectivity index (χ2n) is 6.86. The molecular weight excluding hydrogens is 360 g/mol. The zero-order chi connectivity index (χ0) is 20.0. The van der Waals surface area contributed by atoms with Crippen molar-refractivity contribution in [2.24, 2.45) is 0 Å². The van der Waals surface area contributed by atoms with E-state index in [1.165, 1.54) is 9.87 Å². The van der Waals surface area contributed by atoms with Gasteiger partial charge in [0, 0.05) is 5.69 Å². The van der Waals surface area contributed by atoms with Gasteiger partial charge in [-0.2, -0.15) is 0 Å². The van der Waals surface area contributed by atoms with Crippen molar-refractivity contribution in [3.05, 3.63) is 59.2 Å². The summed E-state index contributed by atoms with van der Waals surface area (Å²) in [5.41, 5.74) is 4.07. The van der Waals surface area contributed by atoms with E-state index in [1.54, 1.807) is 0 Å². The molecule has 0 aliphatic rings. The van der Waals surface area contributed by atoms with E-state index < -0.39 is 10.0 Å². The van der Waals surface area contributed by atoms with Gasteiger partial charge in [0.05, 0.1) is 11.9 Å². The molecule has 2 aromatic carbocycles. The quantitative estimate of drug-likeness (QED) is 0.742. The van der Waals surface area contributed by atoms with Crippen molar-refractivity contribution >= 4 is 27.3 Å². The number of amides is 1. The van der Waals surface area contributed by atoms with Gasteiger partial charge < -0.3 is 5.32 Å². The molecule has 0 spiro atoms. The van der Waals surface area contributed by atoms with Crippen molar-refractivity contribution < 1.29 is 13.2 Å². The van der Waals surface area contributed by atoms with Crippen LogP contribution in [0.1, 0.15) is 36.5 Å². The van der Waals surface area contributed by atoms with Crippen LogP contribution in [0.15, 0.2) is 42.5 Å². The van der Waals surface area contributed by atoms with Gasteiger partial charge in [0.2, 0.25) is 15.9 Å². The molecule has 0 saturated heterocycles. The molecule has 0 atom stereocenters. The predicted molar refractivity (Wildman–Crippen MR) is 112 cm³/mol. The number of aryl methyl sites for hydroxylation is 3. The lowest BCUT2D eigenvalue weighted by atomic mass is 10.1. The molecule has 0 saturated carbocycles. The maximum atomic E-state index is 12.5. The predicted octanol–water partition coefficient (Wildman–Crippen LogP) is 4.05. The number of para-hydroxylation sites is 1. The summed E-state index contributed by atoms with van der Waals surface area (Å²) >= 11 is 0. The highest BCUT2D eigenvalue weighted by molar-refractivity contribution is 7.92. The molecule has 1 amide bonds. The van der Waals surface area contributed by atoms with Gasteiger partial charge in [0.1, 0.15) is 6.54 Å². The van der Waals surface area contributed by atoms with E-state index in [0.29, 0.717) is 11.4 Å². The van der Waals surface area contributed by atoms with Gasteiger partial charge in [0.25, 0.3) is 0 Å². The van der Waals surface area contributed by atoms with Crippen molar-refractivity contribution in [3.63, 3.8) is 0 Å². The van der Waals surface area contributed by atoms with E-state index in [9.17, 15) is 13.2 Å². The fraction of sp³-hybridized carbons (Fsp3) is 0.381. The van der Waals surface area contributed by atoms with Gasteiger partial charge in [-0.05, 0) is 55.5 Å². The van der Waals surface area contributed by atoms with E-state index in [0.717, 1.165) is 36.6 Å². The fourth-order valence-electron chi connectivity index (χ4n) is 3.03. The third-order valence-electron chi connectivity index (χ3n) is 4.43. The van der Waals surface area contributed by atoms with Crippen molar-refractivity contribution in [2.75, 3.05) is 22.4 Å². The fourth-order valence-corrected chi connectivity index (χ4v) is 4.00. The molecule has 0 aromatic heterocycles. The second-order valence-corrected chi connectivity index (χ2v) is 8.77. The number of rotatable bonds is 8. The van der Waals surface area contributed by atoms with Crippen LogP contribution in [0.25, 0.3) is 0 Å². The lowest BCUT2D eigenvalue weighted by Gasteiger charge is -2.25. The summed E-state index contributed by atoms with van der Waals surface area (Å²) in [7, 11) is -3.59. The number of nitrogens with zero attached hydrogens (tertiary/aromatic N) is 1. The molecule has 146 valence electrons. The topological polar surface area (TPSA) is 66.5 Å². The Morgan fingerprint density at radius 2 is 1.63 bits per heavy atom. The molecule has 0 aliphatic carbocycles. The van der Waals surface area contributed by atoms with Crippen LogP contribution in [0, 0.1) is 13.8 Å². The Balaban J connectivity index is 2.15. The van der Waals surface area contributed by atoms with Crippen LogP contribution >= 0.6 is 0 Å². The van der Waals surface area contributed by atoms with Crippen molar-refractivity contribution in [1.82, 2.24) is 0 Å². The number of sulfonamides is 1. The maximum Gasteiger partial charge on any atom is 0.245 e. The first-order chi connectivity index (χ1) is 12.7. The lowest BCUT2D eigenvalue weighted by molar-refractivity contribution is -0.114. The minimum absolute atomic E-state index is 0.262. The summed E-state index contributed by atoms with van der Waals surface area (Å²) in [5, 5.41) is 2.79. The Kier molecular flexibility index (Phi) is 7.02. The normalized spacial score (nSPS) is 11.3. The summed E-state index contributed by atoms with van der Waals surface area (Å²) in [6.45, 7) is 5.57. The first-order valence-corrected chi connectivity index (χ1v) is 11.0. The highest BCUT2D eigenvalue weighted by Crippen LogP contribution is 2.26. The molecule has 5 nitrogen and oxygen atoms in total. The highest BCUT2D eigenvalue weighted by atomic mass is 32.2. The zero-order valence-electron chi connectivity index (χ0n) is 16.5. The largest absolute Gasteiger partial charge is 0.325 e. The van der Waals surface area contributed by atoms with Gasteiger partial charge >= 0.3 is 0 Å². The van der Waals surface area contributed by atoms with E-state index in [1.807, 2.05) is 56.3 Å². The summed E-state index contributed by atoms with van der Waals surface area (Å²) in [6.07, 6.45) is 4.40. The number of unbranched alkanes of at least 4 members (excludes halogenated alkanes) is 1. The standard InChI is InChI=1S/C21H28N2O3S/c1-5-6-10-18-11-13-19(14-12-18)22-20(24)15-23(27(4,25)26)21-16(2)8-7-9-17(21)3/h7-9,11-14H,5-6,10,15H2,1-4H3,(H,22,24). The first kappa shape index (κ1) is 21.0. The molecule has 6 heteroatoms. The Hall–Kier alpha value is -2.34. The van der Waals surface area contributed by atoms with E-state index >= 15 is 0 Å². The molecule has 1 N–H and O–H groups in total. The molecule has 0 radical (unpaired) electrons. The van der Waals surface area contributed by atoms with Crippen LogP contribution in [0.3, 0.4) is 0 Å². The highest BCUT2D eigenvalue weighted by Gasteiger charge is 2.23. The van der Waals surface area contributed by atoms with E-state index in [4.69, 9.17) is 0 Å². The van der Waals surface area contributed by atoms with Gasteiger partial charge in [-0.1, -0.05) is 43.7 Å². The van der Waals surface area contributed by atoms with Crippen molar-refractivity contribution in [3.8, 4) is 0 Å². The van der Waals surface area contributed by atoms with Gasteiger partial charge in [-0.25, -0.2) is 8.42 Å². The average molecular weight is 389 g/mol. The molecule has 2 rings (SSSR count). The first-order valence-electron chi connectivity index (χ1n) is 9.15. The smallest absolute Gasteiger partial charge is 0.245 e. The Morgan fingerprint density at radius 3 is 2.15 bits per heavy atom. The molecule has 0 unspecified atom stereocenters. The summed E-state index contributed by atoms with van der Waals surface area (Å²) in [6, 6.07) is 13.2. The van der Waals surface area contributed by atoms with Crippen LogP contribution in [0.4, 0.5) is 11.4 Å². The Bertz CT molecular complexity index is 870. The summed E-state index contributed by atoms with van der Waals surface area (Å²) in [5.74, 6) is -0.371. The van der Waals surface area contributed by atoms with E-state index in [2.05, 4.69) is 12.2 Å². The minimum Gasteiger partial charge on any atom is -0.325 e. The number of carbonyl (C=O) groups is 1. The lowest BCUT2D eigenvalue weighted by Crippen LogP contribution is -2.38. The van der Waals surface area contributed by atoms with Crippen LogP contribution in [0.2, 0.25) is 0 Å². The number of hydrogen-bond donors (Lipinski definition) is 1. The molecule has 0 bridgehead atoms. The Labute approximate surface area is 162 Å². The van der Waals surface area contributed by atoms with Crippen molar-refractivity contribution in [1.29, 1.82) is 0 Å². The summed E-state index contributed by atoms with van der Waals surface area (Å²) < 4.78 is 25.8. The van der Waals surface area contributed by atoms with E-state index in [-0.39, 0.29) is 12.5 Å². The van der Waals surface area contributed by atoms with Crippen LogP contribution in [-0.4, -0.2) is 27.1 Å². The third-order valence-corrected chi connectivity index (χ3v) is 5.55. The average Bonchev–Trinajstić information content (AvgIpc) is 2.59. The number of carbonyl (C=O) groups excluding carboxylic acids is 1. The number of anilines is 2. The molecule has 0 heterocycles. The van der Waals surface area contributed by atoms with Gasteiger partial charge in [-0.15, -0.1) is 0 Å². The molecular formula is C21H28N2O3S. The third kappa shape index (κ3) is 5.82. The monoisotopic (exact) mass is 388 g/mol. The Morgan fingerprint density at radius 1 is 1.04 bits per heavy atom. The number of benzene rings is 2. The van der Waals surface area contributed by atoms with Gasteiger partial charge in [-0.3, -0.25) is 9.10 Å². The minimum atomic E-state index is -3.59. The molecule has 0 aliphatic heterocycles. The maximum absolute atomic E-state index is 12.5. The SMILES string of the molecule is CCCCc1ccc(NC(=O)CN(c2c(C)cccc2C)S(C)(=O)=O)cc1. The second kappa shape index (κ2) is 9.04. The van der Waals surface area contributed by atoms with Crippen LogP contribution in [0.5, 0.6) is 0 Å². The van der Waals surface area contributed by atoms with Gasteiger partial charge in [0.15, 0.2) is 0 Å². The van der Waals surface area contributed by atoms with Crippen LogP contribution < -0.4 is 9.62 Å². The number of hydrogen-bond acceptors (Lipinski definition) is 3. The molecule has 2 aromatic rings. The molecule has 27 heavy (non-hydrogen) atoms. The van der Waals surface area contributed by atoms with Crippen LogP contribution in [-0.2, 0) is 21.2 Å². The molecule has 0 fully saturated rings. The number of nitrogens with one attached hydrogen (secondary N) is 1. The van der Waals surface area contributed by atoms with Crippen molar-refractivity contribution in [2.45, 2.75) is 40.0 Å².